The van der Waals surface area contributed by atoms with Crippen molar-refractivity contribution < 1.29 is 38.9 Å². The summed E-state index contributed by atoms with van der Waals surface area (Å²) in [7, 11) is 4.60. The van der Waals surface area contributed by atoms with E-state index in [0.717, 1.165) is 31.5 Å². The second-order valence-electron chi connectivity index (χ2n) is 11.2. The molecule has 3 aliphatic carbocycles. The summed E-state index contributed by atoms with van der Waals surface area (Å²) in [6.45, 7) is 2.37. The van der Waals surface area contributed by atoms with Gasteiger partial charge in [0.25, 0.3) is 0 Å². The number of phenolic OH excluding ortho intramolecular Hbond substituents is 1. The number of nitrogens with zero attached hydrogens (tertiary/aromatic N) is 2. The van der Waals surface area contributed by atoms with Gasteiger partial charge in [-0.1, -0.05) is 0 Å². The van der Waals surface area contributed by atoms with Crippen LogP contribution in [0.4, 0.5) is 0 Å². The molecule has 0 radical (unpaired) electrons. The van der Waals surface area contributed by atoms with Gasteiger partial charge in [0.05, 0.1) is 24.6 Å². The molecule has 5 rings (SSSR count). The Hall–Kier alpha value is -3.15. The number of carbonyl (C=O) groups is 5. The van der Waals surface area contributed by atoms with Gasteiger partial charge in [-0.15, -0.1) is 0 Å². The Labute approximate surface area is 219 Å². The molecule has 38 heavy (non-hydrogen) atoms. The summed E-state index contributed by atoms with van der Waals surface area (Å²) in [6.07, 6.45) is 2.34. The number of likely N-dealkylation sites (tertiary alicyclic amines) is 1. The molecule has 1 aromatic carbocycles. The van der Waals surface area contributed by atoms with Crippen LogP contribution in [-0.2, 0) is 32.1 Å². The van der Waals surface area contributed by atoms with E-state index < -0.39 is 64.4 Å². The molecular weight excluding hydrogens is 494 g/mol. The number of ketones is 4. The molecule has 1 heterocycles. The average Bonchev–Trinajstić information content (AvgIpc) is 3.34. The van der Waals surface area contributed by atoms with Gasteiger partial charge < -0.3 is 20.7 Å². The number of carbonyl (C=O) groups excluding carboxylic acids is 5. The molecule has 6 atom stereocenters. The molecule has 4 N–H and O–H groups in total. The topological polar surface area (TPSA) is 168 Å². The predicted molar refractivity (Wildman–Crippen MR) is 132 cm³/mol. The van der Waals surface area contributed by atoms with E-state index in [9.17, 15) is 34.2 Å². The third-order valence-corrected chi connectivity index (χ3v) is 8.89. The van der Waals surface area contributed by atoms with Crippen molar-refractivity contribution in [2.45, 2.75) is 43.9 Å². The molecule has 3 fully saturated rings. The maximum absolute atomic E-state index is 13.9. The Morgan fingerprint density at radius 1 is 1.18 bits per heavy atom. The average molecular weight is 528 g/mol. The maximum atomic E-state index is 13.9. The molecule has 1 aliphatic heterocycles. The third kappa shape index (κ3) is 3.63. The minimum absolute atomic E-state index is 0.00413. The van der Waals surface area contributed by atoms with Crippen LogP contribution in [-0.4, -0.2) is 95.0 Å². The lowest BCUT2D eigenvalue weighted by molar-refractivity contribution is -0.181. The number of benzene rings is 1. The van der Waals surface area contributed by atoms with Crippen LogP contribution < -0.4 is 10.5 Å². The number of Topliss-reactive ketones (excluding diaryl/α,β-unsaturated/α-hetero) is 4. The maximum Gasteiger partial charge on any atom is 0.235 e. The SMILES string of the molecule is COc1c(CN2CCCC2)cc(O)c2c1C[C@H]1C[C@H]3[C@H](N(C)C)C(=O)C(C(N)=O)C(=O)[C@@]3(O)C(=O)C1C2=O. The molecule has 1 amide bonds. The fourth-order valence-corrected chi connectivity index (χ4v) is 7.27. The summed E-state index contributed by atoms with van der Waals surface area (Å²) < 4.78 is 5.73. The summed E-state index contributed by atoms with van der Waals surface area (Å²) in [4.78, 5) is 69.9. The van der Waals surface area contributed by atoms with Crippen LogP contribution in [0.1, 0.15) is 40.7 Å². The number of aliphatic hydroxyl groups is 1. The molecule has 204 valence electrons. The zero-order chi connectivity index (χ0) is 27.7. The van der Waals surface area contributed by atoms with E-state index in [4.69, 9.17) is 10.5 Å². The van der Waals surface area contributed by atoms with Crippen LogP contribution in [0.2, 0.25) is 0 Å². The lowest BCUT2D eigenvalue weighted by Gasteiger charge is -2.52. The number of amides is 1. The lowest BCUT2D eigenvalue weighted by Crippen LogP contribution is -2.74. The quantitative estimate of drug-likeness (QED) is 0.424. The van der Waals surface area contributed by atoms with E-state index in [1.807, 2.05) is 0 Å². The van der Waals surface area contributed by atoms with E-state index >= 15 is 0 Å². The molecule has 11 nitrogen and oxygen atoms in total. The molecule has 0 aromatic heterocycles. The Morgan fingerprint density at radius 3 is 2.42 bits per heavy atom. The third-order valence-electron chi connectivity index (χ3n) is 8.89. The fourth-order valence-electron chi connectivity index (χ4n) is 7.27. The zero-order valence-electron chi connectivity index (χ0n) is 21.7. The number of aromatic hydroxyl groups is 1. The number of hydrogen-bond donors (Lipinski definition) is 3. The van der Waals surface area contributed by atoms with Crippen molar-refractivity contribution in [3.05, 3.63) is 22.8 Å². The van der Waals surface area contributed by atoms with Crippen molar-refractivity contribution in [1.82, 2.24) is 9.80 Å². The second-order valence-corrected chi connectivity index (χ2v) is 11.2. The van der Waals surface area contributed by atoms with Gasteiger partial charge in [-0.2, -0.15) is 0 Å². The molecule has 11 heteroatoms. The molecular formula is C27H33N3O8. The lowest BCUT2D eigenvalue weighted by atomic mass is 9.52. The highest BCUT2D eigenvalue weighted by Gasteiger charge is 2.69. The van der Waals surface area contributed by atoms with Gasteiger partial charge in [-0.3, -0.25) is 33.8 Å². The van der Waals surface area contributed by atoms with Crippen molar-refractivity contribution >= 4 is 29.0 Å². The Bertz CT molecular complexity index is 1250. The summed E-state index contributed by atoms with van der Waals surface area (Å²) in [5, 5.41) is 22.6. The predicted octanol–water partition coefficient (Wildman–Crippen LogP) is -0.529. The number of nitrogens with two attached hydrogens (primary N) is 1. The Kier molecular flexibility index (Phi) is 6.44. The Morgan fingerprint density at radius 2 is 1.84 bits per heavy atom. The van der Waals surface area contributed by atoms with Crippen LogP contribution in [0.5, 0.6) is 11.5 Å². The van der Waals surface area contributed by atoms with Crippen LogP contribution in [0.3, 0.4) is 0 Å². The summed E-state index contributed by atoms with van der Waals surface area (Å²) in [5.74, 6) is -10.1. The number of phenols is 1. The van der Waals surface area contributed by atoms with Crippen molar-refractivity contribution in [2.75, 3.05) is 34.3 Å². The summed E-state index contributed by atoms with van der Waals surface area (Å²) >= 11 is 0. The number of primary amides is 1. The van der Waals surface area contributed by atoms with E-state index in [1.54, 1.807) is 14.1 Å². The van der Waals surface area contributed by atoms with Gasteiger partial charge in [0.2, 0.25) is 5.91 Å². The second kappa shape index (κ2) is 9.25. The van der Waals surface area contributed by atoms with Gasteiger partial charge >= 0.3 is 0 Å². The van der Waals surface area contributed by atoms with Crippen molar-refractivity contribution in [3.8, 4) is 11.5 Å². The smallest absolute Gasteiger partial charge is 0.235 e. The van der Waals surface area contributed by atoms with E-state index in [0.29, 0.717) is 17.9 Å². The van der Waals surface area contributed by atoms with Gasteiger partial charge in [-0.05, 0) is 64.9 Å². The molecule has 1 aromatic rings. The first-order valence-corrected chi connectivity index (χ1v) is 12.9. The first kappa shape index (κ1) is 26.5. The fraction of sp³-hybridized carbons (Fsp3) is 0.593. The first-order chi connectivity index (χ1) is 17.9. The zero-order valence-corrected chi connectivity index (χ0v) is 21.7. The number of rotatable bonds is 5. The highest BCUT2D eigenvalue weighted by atomic mass is 16.5. The molecule has 1 saturated heterocycles. The minimum atomic E-state index is -2.73. The molecule has 2 unspecified atom stereocenters. The van der Waals surface area contributed by atoms with Crippen LogP contribution in [0, 0.1) is 23.7 Å². The van der Waals surface area contributed by atoms with Gasteiger partial charge in [-0.25, -0.2) is 0 Å². The minimum Gasteiger partial charge on any atom is -0.507 e. The van der Waals surface area contributed by atoms with Crippen LogP contribution >= 0.6 is 0 Å². The Balaban J connectivity index is 1.60. The standard InChI is InChI=1S/C27H33N3O8/c1-29(2)20-15-9-12-8-14-18(16(31)10-13(23(14)38-3)11-30-6-4-5-7-30)21(32)17(12)24(34)27(15,37)25(35)19(22(20)33)26(28)36/h10,12,15,17,19-20,31,37H,4-9,11H2,1-3H3,(H2,28,36)/t12-,15-,17?,19?,20-,27-/m0/s1. The largest absolute Gasteiger partial charge is 0.507 e. The van der Waals surface area contributed by atoms with Gasteiger partial charge in [0.15, 0.2) is 34.7 Å². The number of methoxy groups -OCH3 is 1. The monoisotopic (exact) mass is 527 g/mol. The summed E-state index contributed by atoms with van der Waals surface area (Å²) in [6, 6.07) is 0.350. The highest BCUT2D eigenvalue weighted by Crippen LogP contribution is 2.52. The molecule has 4 aliphatic rings. The first-order valence-electron chi connectivity index (χ1n) is 12.9. The highest BCUT2D eigenvalue weighted by molar-refractivity contribution is 6.32. The van der Waals surface area contributed by atoms with Crippen molar-refractivity contribution in [1.29, 1.82) is 0 Å². The number of likely N-dealkylation sites (N-methyl/N-ethyl adjacent to an activating group) is 1. The normalized spacial score (nSPS) is 33.2. The molecule has 0 bridgehead atoms. The van der Waals surface area contributed by atoms with E-state index in [1.165, 1.54) is 18.1 Å². The number of fused-ring (bicyclic) bond motifs is 3. The number of hydrogen-bond acceptors (Lipinski definition) is 10. The van der Waals surface area contributed by atoms with Gasteiger partial charge in [0.1, 0.15) is 11.5 Å². The van der Waals surface area contributed by atoms with E-state index in [-0.39, 0.29) is 24.2 Å². The van der Waals surface area contributed by atoms with E-state index in [2.05, 4.69) is 4.90 Å². The van der Waals surface area contributed by atoms with Crippen LogP contribution in [0.25, 0.3) is 0 Å². The molecule has 2 saturated carbocycles. The number of ether oxygens (including phenoxy) is 1. The van der Waals surface area contributed by atoms with Crippen LogP contribution in [0.15, 0.2) is 6.07 Å². The molecule has 0 spiro atoms. The van der Waals surface area contributed by atoms with Gasteiger partial charge in [0, 0.05) is 23.6 Å². The van der Waals surface area contributed by atoms with Crippen molar-refractivity contribution in [3.63, 3.8) is 0 Å². The van der Waals surface area contributed by atoms with Crippen molar-refractivity contribution in [2.24, 2.45) is 29.4 Å². The summed E-state index contributed by atoms with van der Waals surface area (Å²) in [5.41, 5.74) is 3.77.